The molecule has 0 bridgehead atoms. The molecule has 28 heavy (non-hydrogen) atoms. The average Bonchev–Trinajstić information content (AvgIpc) is 3.45. The maximum Gasteiger partial charge on any atom is 0.289 e. The Morgan fingerprint density at radius 1 is 1.00 bits per heavy atom. The van der Waals surface area contributed by atoms with E-state index in [9.17, 15) is 9.59 Å². The Kier molecular flexibility index (Phi) is 4.88. The summed E-state index contributed by atoms with van der Waals surface area (Å²) in [7, 11) is 0. The van der Waals surface area contributed by atoms with Crippen LogP contribution in [0.1, 0.15) is 23.5 Å². The fraction of sp³-hybridized carbons (Fsp3) is 0.316. The van der Waals surface area contributed by atoms with Crippen LogP contribution in [0.3, 0.4) is 0 Å². The number of carbonyl (C=O) groups is 2. The van der Waals surface area contributed by atoms with Crippen molar-refractivity contribution in [2.75, 3.05) is 26.2 Å². The number of piperazine rings is 1. The second-order valence-corrected chi connectivity index (χ2v) is 6.57. The van der Waals surface area contributed by atoms with Crippen molar-refractivity contribution in [3.05, 3.63) is 54.5 Å². The highest BCUT2D eigenvalue weighted by molar-refractivity contribution is 5.91. The number of furan rings is 1. The number of amides is 2. The number of aromatic nitrogens is 4. The quantitative estimate of drug-likeness (QED) is 0.680. The molecule has 1 unspecified atom stereocenters. The zero-order valence-corrected chi connectivity index (χ0v) is 15.4. The van der Waals surface area contributed by atoms with Gasteiger partial charge in [-0.05, 0) is 24.3 Å². The Labute approximate surface area is 161 Å². The highest BCUT2D eigenvalue weighted by atomic mass is 16.3. The molecular weight excluding hydrogens is 360 g/mol. The van der Waals surface area contributed by atoms with Crippen LogP contribution in [0, 0.1) is 0 Å². The molecule has 2 amide bonds. The van der Waals surface area contributed by atoms with Gasteiger partial charge in [-0.3, -0.25) is 9.59 Å². The number of nitrogens with zero attached hydrogens (tertiary/aromatic N) is 6. The summed E-state index contributed by atoms with van der Waals surface area (Å²) in [6.45, 7) is 3.57. The molecule has 3 aromatic rings. The van der Waals surface area contributed by atoms with E-state index in [1.165, 1.54) is 11.1 Å². The number of carbonyl (C=O) groups excluding carboxylic acids is 2. The number of hydrogen-bond donors (Lipinski definition) is 0. The molecule has 1 aromatic carbocycles. The Hall–Kier alpha value is -3.49. The minimum Gasteiger partial charge on any atom is -0.459 e. The minimum atomic E-state index is -0.572. The molecule has 1 atom stereocenters. The standard InChI is InChI=1S/C19H20N6O3/c1-14(25-21-17(20-22-25)15-6-3-2-4-7-15)18(26)23-9-11-24(12-10-23)19(27)16-8-5-13-28-16/h2-8,13-14H,9-12H2,1H3. The molecule has 0 radical (unpaired) electrons. The van der Waals surface area contributed by atoms with Crippen molar-refractivity contribution in [2.45, 2.75) is 13.0 Å². The first-order valence-electron chi connectivity index (χ1n) is 9.10. The van der Waals surface area contributed by atoms with E-state index in [1.54, 1.807) is 28.9 Å². The highest BCUT2D eigenvalue weighted by Crippen LogP contribution is 2.16. The molecule has 3 heterocycles. The average molecular weight is 380 g/mol. The van der Waals surface area contributed by atoms with E-state index in [-0.39, 0.29) is 11.8 Å². The lowest BCUT2D eigenvalue weighted by Crippen LogP contribution is -2.52. The van der Waals surface area contributed by atoms with E-state index < -0.39 is 6.04 Å². The van der Waals surface area contributed by atoms with Gasteiger partial charge in [0.05, 0.1) is 6.26 Å². The molecule has 0 saturated carbocycles. The van der Waals surface area contributed by atoms with Gasteiger partial charge in [0.15, 0.2) is 5.76 Å². The molecule has 4 rings (SSSR count). The predicted octanol–water partition coefficient (Wildman–Crippen LogP) is 1.48. The molecular formula is C19H20N6O3. The fourth-order valence-corrected chi connectivity index (χ4v) is 3.14. The first-order chi connectivity index (χ1) is 13.6. The van der Waals surface area contributed by atoms with E-state index >= 15 is 0 Å². The van der Waals surface area contributed by atoms with E-state index in [1.807, 2.05) is 30.3 Å². The van der Waals surface area contributed by atoms with Crippen LogP contribution in [-0.4, -0.2) is 68.0 Å². The van der Waals surface area contributed by atoms with Gasteiger partial charge < -0.3 is 14.2 Å². The van der Waals surface area contributed by atoms with Crippen molar-refractivity contribution < 1.29 is 14.0 Å². The maximum atomic E-state index is 12.8. The van der Waals surface area contributed by atoms with E-state index in [0.29, 0.717) is 37.8 Å². The first kappa shape index (κ1) is 17.9. The van der Waals surface area contributed by atoms with Crippen LogP contribution in [0.5, 0.6) is 0 Å². The summed E-state index contributed by atoms with van der Waals surface area (Å²) in [4.78, 5) is 29.9. The van der Waals surface area contributed by atoms with Crippen molar-refractivity contribution in [1.29, 1.82) is 0 Å². The van der Waals surface area contributed by atoms with Gasteiger partial charge in [0.1, 0.15) is 6.04 Å². The first-order valence-corrected chi connectivity index (χ1v) is 9.10. The summed E-state index contributed by atoms with van der Waals surface area (Å²) in [6.07, 6.45) is 1.48. The van der Waals surface area contributed by atoms with Crippen LogP contribution in [0.25, 0.3) is 11.4 Å². The number of benzene rings is 1. The van der Waals surface area contributed by atoms with E-state index in [2.05, 4.69) is 15.4 Å². The normalized spacial score (nSPS) is 15.5. The Balaban J connectivity index is 1.37. The third-order valence-corrected chi connectivity index (χ3v) is 4.77. The molecule has 1 fully saturated rings. The van der Waals surface area contributed by atoms with Gasteiger partial charge in [-0.1, -0.05) is 30.3 Å². The number of rotatable bonds is 4. The zero-order chi connectivity index (χ0) is 19.5. The molecule has 0 N–H and O–H groups in total. The second kappa shape index (κ2) is 7.63. The Morgan fingerprint density at radius 3 is 2.39 bits per heavy atom. The summed E-state index contributed by atoms with van der Waals surface area (Å²) < 4.78 is 5.16. The number of hydrogen-bond acceptors (Lipinski definition) is 6. The molecule has 0 spiro atoms. The fourth-order valence-electron chi connectivity index (χ4n) is 3.14. The highest BCUT2D eigenvalue weighted by Gasteiger charge is 2.30. The van der Waals surface area contributed by atoms with Crippen LogP contribution in [0.15, 0.2) is 53.1 Å². The summed E-state index contributed by atoms with van der Waals surface area (Å²) in [5.41, 5.74) is 0.846. The van der Waals surface area contributed by atoms with Crippen molar-refractivity contribution in [1.82, 2.24) is 30.0 Å². The molecule has 9 nitrogen and oxygen atoms in total. The maximum absolute atomic E-state index is 12.8. The van der Waals surface area contributed by atoms with Gasteiger partial charge in [0, 0.05) is 31.7 Å². The van der Waals surface area contributed by atoms with Crippen molar-refractivity contribution in [3.63, 3.8) is 0 Å². The van der Waals surface area contributed by atoms with Crippen molar-refractivity contribution in [3.8, 4) is 11.4 Å². The second-order valence-electron chi connectivity index (χ2n) is 6.57. The van der Waals surface area contributed by atoms with Crippen LogP contribution >= 0.6 is 0 Å². The van der Waals surface area contributed by atoms with Gasteiger partial charge in [0.2, 0.25) is 11.7 Å². The lowest BCUT2D eigenvalue weighted by molar-refractivity contribution is -0.136. The molecule has 0 aliphatic carbocycles. The number of tetrazole rings is 1. The van der Waals surface area contributed by atoms with Crippen molar-refractivity contribution >= 4 is 11.8 Å². The topological polar surface area (TPSA) is 97.4 Å². The van der Waals surface area contributed by atoms with Crippen LogP contribution in [0.2, 0.25) is 0 Å². The summed E-state index contributed by atoms with van der Waals surface area (Å²) in [5, 5.41) is 12.4. The van der Waals surface area contributed by atoms with Crippen LogP contribution < -0.4 is 0 Å². The Morgan fingerprint density at radius 2 is 1.71 bits per heavy atom. The van der Waals surface area contributed by atoms with E-state index in [4.69, 9.17) is 4.42 Å². The predicted molar refractivity (Wildman–Crippen MR) is 99.2 cm³/mol. The van der Waals surface area contributed by atoms with Gasteiger partial charge in [0.25, 0.3) is 5.91 Å². The molecule has 2 aromatic heterocycles. The van der Waals surface area contributed by atoms with Gasteiger partial charge in [-0.15, -0.1) is 10.2 Å². The van der Waals surface area contributed by atoms with E-state index in [0.717, 1.165) is 5.56 Å². The lowest BCUT2D eigenvalue weighted by Gasteiger charge is -2.35. The largest absolute Gasteiger partial charge is 0.459 e. The summed E-state index contributed by atoms with van der Waals surface area (Å²) in [5.74, 6) is 0.542. The Bertz CT molecular complexity index is 945. The molecule has 1 saturated heterocycles. The molecule has 9 heteroatoms. The van der Waals surface area contributed by atoms with Crippen LogP contribution in [-0.2, 0) is 4.79 Å². The van der Waals surface area contributed by atoms with Gasteiger partial charge in [-0.25, -0.2) is 0 Å². The SMILES string of the molecule is CC(C(=O)N1CCN(C(=O)c2ccco2)CC1)n1nnc(-c2ccccc2)n1. The monoisotopic (exact) mass is 380 g/mol. The molecule has 144 valence electrons. The molecule has 1 aliphatic rings. The smallest absolute Gasteiger partial charge is 0.289 e. The van der Waals surface area contributed by atoms with Crippen LogP contribution in [0.4, 0.5) is 0 Å². The minimum absolute atomic E-state index is 0.0953. The third kappa shape index (κ3) is 3.51. The zero-order valence-electron chi connectivity index (χ0n) is 15.4. The summed E-state index contributed by atoms with van der Waals surface area (Å²) >= 11 is 0. The third-order valence-electron chi connectivity index (χ3n) is 4.77. The van der Waals surface area contributed by atoms with Crippen molar-refractivity contribution in [2.24, 2.45) is 0 Å². The van der Waals surface area contributed by atoms with Gasteiger partial charge >= 0.3 is 0 Å². The lowest BCUT2D eigenvalue weighted by atomic mass is 10.2. The molecule has 1 aliphatic heterocycles. The summed E-state index contributed by atoms with van der Waals surface area (Å²) in [6, 6.07) is 12.2. The van der Waals surface area contributed by atoms with Gasteiger partial charge in [-0.2, -0.15) is 4.80 Å².